The lowest BCUT2D eigenvalue weighted by Crippen LogP contribution is -2.27. The van der Waals surface area contributed by atoms with Crippen molar-refractivity contribution in [3.8, 4) is 0 Å². The maximum absolute atomic E-state index is 13.3. The van der Waals surface area contributed by atoms with Crippen LogP contribution in [0.25, 0.3) is 0 Å². The van der Waals surface area contributed by atoms with Crippen LogP contribution in [0.5, 0.6) is 0 Å². The topological polar surface area (TPSA) is 142 Å². The van der Waals surface area contributed by atoms with Gasteiger partial charge in [0.15, 0.2) is 0 Å². The zero-order valence-electron chi connectivity index (χ0n) is 34.5. The summed E-state index contributed by atoms with van der Waals surface area (Å²) in [4.78, 5) is 60.5. The maximum Gasteiger partial charge on any atom is 0.270 e. The number of aromatic nitrogens is 2. The maximum atomic E-state index is 13.3. The predicted octanol–water partition coefficient (Wildman–Crippen LogP) is 8.44. The molecule has 0 bridgehead atoms. The lowest BCUT2D eigenvalue weighted by Gasteiger charge is -2.09. The average molecular weight is 801 g/mol. The van der Waals surface area contributed by atoms with E-state index in [9.17, 15) is 19.2 Å². The zero-order valence-corrected chi connectivity index (χ0v) is 34.5. The number of rotatable bonds is 11. The summed E-state index contributed by atoms with van der Waals surface area (Å²) in [6, 6.07) is 52.4. The zero-order chi connectivity index (χ0) is 43.0. The first kappa shape index (κ1) is 45.2. The van der Waals surface area contributed by atoms with Crippen LogP contribution in [0.1, 0.15) is 82.3 Å². The molecule has 2 heterocycles. The summed E-state index contributed by atoms with van der Waals surface area (Å²) in [7, 11) is 0. The molecule has 4 rings (SSSR count). The molecule has 0 aliphatic rings. The van der Waals surface area contributed by atoms with Crippen LogP contribution in [-0.4, -0.2) is 40.1 Å². The second-order valence-electron chi connectivity index (χ2n) is 13.6. The third-order valence-corrected chi connectivity index (χ3v) is 8.48. The lowest BCUT2D eigenvalue weighted by atomic mass is 10.2. The van der Waals surface area contributed by atoms with Gasteiger partial charge in [-0.2, -0.15) is 0 Å². The van der Waals surface area contributed by atoms with E-state index in [1.54, 1.807) is 24.3 Å². The highest BCUT2D eigenvalue weighted by molar-refractivity contribution is 5.97. The Hall–Kier alpha value is -7.46. The van der Waals surface area contributed by atoms with Crippen molar-refractivity contribution < 1.29 is 19.2 Å². The Bertz CT molecular complexity index is 2320. The molecule has 0 atom stereocenters. The number of aryl methyl sites for hydroxylation is 3. The Kier molecular flexibility index (Phi) is 18.9. The third kappa shape index (κ3) is 16.6. The van der Waals surface area contributed by atoms with Crippen molar-refractivity contribution in [2.45, 2.75) is 47.3 Å². The van der Waals surface area contributed by atoms with E-state index in [0.29, 0.717) is 6.54 Å². The molecule has 4 N–H and O–H groups in total. The summed E-state index contributed by atoms with van der Waals surface area (Å²) in [6.07, 6.45) is 0. The minimum atomic E-state index is -0.407. The lowest BCUT2D eigenvalue weighted by molar-refractivity contribution is 0.0926. The summed E-state index contributed by atoms with van der Waals surface area (Å²) in [5.41, 5.74) is 5.83. The second-order valence-corrected chi connectivity index (χ2v) is 13.6. The highest BCUT2D eigenvalue weighted by atomic mass is 16.2. The van der Waals surface area contributed by atoms with E-state index in [1.165, 1.54) is 0 Å². The molecule has 0 radical (unpaired) electrons. The number of carbonyl (C=O) groups excluding carboxylic acids is 4. The number of nitrogens with one attached hydrogen (secondary N) is 4. The largest absolute Gasteiger partial charge is 0.351 e. The molecule has 306 valence electrons. The number of carbonyl (C=O) groups is 4. The van der Waals surface area contributed by atoms with Gasteiger partial charge in [0.05, 0.1) is 0 Å². The van der Waals surface area contributed by atoms with Crippen LogP contribution in [0.15, 0.2) is 170 Å². The van der Waals surface area contributed by atoms with Crippen molar-refractivity contribution in [1.29, 1.82) is 0 Å². The monoisotopic (exact) mass is 800 g/mol. The van der Waals surface area contributed by atoms with E-state index >= 15 is 0 Å². The van der Waals surface area contributed by atoms with Gasteiger partial charge in [0.2, 0.25) is 0 Å². The first-order valence-corrected chi connectivity index (χ1v) is 19.7. The minimum Gasteiger partial charge on any atom is -0.351 e. The molecule has 0 saturated carbocycles. The molecule has 10 heteroatoms. The summed E-state index contributed by atoms with van der Waals surface area (Å²) in [5, 5.41) is 11.5. The fourth-order valence-electron chi connectivity index (χ4n) is 5.45. The fraction of sp³-hybridized carbons (Fsp3) is 0.160. The molecular formula is C50H52N6O4. The Morgan fingerprint density at radius 1 is 0.367 bits per heavy atom. The van der Waals surface area contributed by atoms with Gasteiger partial charge in [-0.1, -0.05) is 151 Å². The average Bonchev–Trinajstić information content (AvgIpc) is 3.23. The molecule has 0 fully saturated rings. The van der Waals surface area contributed by atoms with E-state index in [-0.39, 0.29) is 60.1 Å². The van der Waals surface area contributed by atoms with Gasteiger partial charge in [-0.15, -0.1) is 0 Å². The second kappa shape index (κ2) is 25.0. The van der Waals surface area contributed by atoms with Crippen molar-refractivity contribution >= 4 is 23.6 Å². The number of amides is 4. The molecular weight excluding hydrogens is 749 g/mol. The molecule has 10 nitrogen and oxygen atoms in total. The van der Waals surface area contributed by atoms with Crippen LogP contribution in [0.3, 0.4) is 0 Å². The molecule has 0 saturated heterocycles. The molecule has 0 aliphatic heterocycles. The molecule has 4 amide bonds. The SMILES string of the molecule is CCNC(=O)c1cc(C)cc(C(=O)NCc2ccccccc(CNC(=O)c3cc(C)cc(C(=O)NCc4ccccccc(C)cccccc4)n3)cccccc2)n1. The first-order chi connectivity index (χ1) is 29.1. The Morgan fingerprint density at radius 2 is 0.617 bits per heavy atom. The van der Waals surface area contributed by atoms with Gasteiger partial charge in [-0.25, -0.2) is 9.97 Å². The Balaban J connectivity index is 1.40. The number of pyridine rings is 2. The molecule has 60 heavy (non-hydrogen) atoms. The van der Waals surface area contributed by atoms with Crippen LogP contribution in [0.2, 0.25) is 0 Å². The van der Waals surface area contributed by atoms with Crippen molar-refractivity contribution in [2.24, 2.45) is 0 Å². The molecule has 2 aromatic carbocycles. The summed E-state index contributed by atoms with van der Waals surface area (Å²) in [5.74, 6) is -1.51. The highest BCUT2D eigenvalue weighted by Crippen LogP contribution is 2.09. The van der Waals surface area contributed by atoms with Gasteiger partial charge in [-0.3, -0.25) is 19.2 Å². The summed E-state index contributed by atoms with van der Waals surface area (Å²) in [6.45, 7) is 8.68. The molecule has 0 spiro atoms. The predicted molar refractivity (Wildman–Crippen MR) is 238 cm³/mol. The molecule has 2 aromatic heterocycles. The fourth-order valence-corrected chi connectivity index (χ4v) is 5.45. The van der Waals surface area contributed by atoms with Crippen molar-refractivity contribution in [3.63, 3.8) is 0 Å². The van der Waals surface area contributed by atoms with Crippen molar-refractivity contribution in [2.75, 3.05) is 6.54 Å². The van der Waals surface area contributed by atoms with Gasteiger partial charge < -0.3 is 21.3 Å². The molecule has 0 unspecified atom stereocenters. The van der Waals surface area contributed by atoms with Gasteiger partial charge in [0, 0.05) is 26.2 Å². The Morgan fingerprint density at radius 3 is 0.883 bits per heavy atom. The number of hydrogen-bond acceptors (Lipinski definition) is 6. The van der Waals surface area contributed by atoms with Crippen LogP contribution < -0.4 is 21.3 Å². The van der Waals surface area contributed by atoms with Crippen LogP contribution >= 0.6 is 0 Å². The molecule has 4 aromatic rings. The van der Waals surface area contributed by atoms with Gasteiger partial charge in [0.1, 0.15) is 22.8 Å². The smallest absolute Gasteiger partial charge is 0.270 e. The summed E-state index contributed by atoms with van der Waals surface area (Å²) >= 11 is 0. The highest BCUT2D eigenvalue weighted by Gasteiger charge is 2.15. The van der Waals surface area contributed by atoms with E-state index < -0.39 is 5.91 Å². The van der Waals surface area contributed by atoms with Gasteiger partial charge in [0.25, 0.3) is 23.6 Å². The van der Waals surface area contributed by atoms with Gasteiger partial charge in [-0.05, 0) is 79.8 Å². The van der Waals surface area contributed by atoms with Crippen molar-refractivity contribution in [1.82, 2.24) is 31.2 Å². The third-order valence-electron chi connectivity index (χ3n) is 8.48. The molecule has 0 aliphatic carbocycles. The summed E-state index contributed by atoms with van der Waals surface area (Å²) < 4.78 is 0. The number of nitrogens with zero attached hydrogens (tertiary/aromatic N) is 2. The van der Waals surface area contributed by atoms with Crippen LogP contribution in [-0.2, 0) is 19.6 Å². The van der Waals surface area contributed by atoms with Gasteiger partial charge >= 0.3 is 0 Å². The minimum absolute atomic E-state index is 0.140. The van der Waals surface area contributed by atoms with Crippen LogP contribution in [0.4, 0.5) is 0 Å². The van der Waals surface area contributed by atoms with E-state index in [0.717, 1.165) is 33.4 Å². The van der Waals surface area contributed by atoms with E-state index in [4.69, 9.17) is 0 Å². The van der Waals surface area contributed by atoms with Crippen LogP contribution in [0, 0.1) is 20.8 Å². The number of hydrogen-bond donors (Lipinski definition) is 4. The van der Waals surface area contributed by atoms with E-state index in [1.807, 2.05) is 173 Å². The van der Waals surface area contributed by atoms with Crippen molar-refractivity contribution in [3.05, 3.63) is 226 Å². The quantitative estimate of drug-likeness (QED) is 0.120. The first-order valence-electron chi connectivity index (χ1n) is 19.7. The van der Waals surface area contributed by atoms with E-state index in [2.05, 4.69) is 31.2 Å². The normalized spacial score (nSPS) is 9.87. The Labute approximate surface area is 352 Å². The standard InChI is InChI=1S/C50H52N6O4/c1-5-51-47(57)43-30-38(3)31-44(55-43)48(58)52-35-41-26-18-10-12-20-28-42(29-21-13-11-19-27-41)36-54-50(60)46-33-39(4)32-45(56-46)49(59)53-34-40-24-16-8-6-14-22-37(2)23-15-7-9-17-25-40/h6-33H,5,34-36H2,1-4H3,(H,51,57)(H,52,58)(H,53,59)(H,54,60).